The predicted molar refractivity (Wildman–Crippen MR) is 85.3 cm³/mol. The lowest BCUT2D eigenvalue weighted by atomic mass is 10.1. The number of hydrogen-bond acceptors (Lipinski definition) is 3. The quantitative estimate of drug-likeness (QED) is 0.815. The fraction of sp³-hybridized carbons (Fsp3) is 0.462. The summed E-state index contributed by atoms with van der Waals surface area (Å²) in [6, 6.07) is 5.12. The minimum absolute atomic E-state index is 0.191. The molecule has 0 fully saturated rings. The molecule has 0 aromatic heterocycles. The van der Waals surface area contributed by atoms with Gasteiger partial charge in [-0.3, -0.25) is 4.79 Å². The van der Waals surface area contributed by atoms with Gasteiger partial charge in [-0.15, -0.1) is 0 Å². The number of sulfonamides is 1. The Hall–Kier alpha value is -0.820. The fourth-order valence-electron chi connectivity index (χ4n) is 1.77. The monoisotopic (exact) mass is 352 g/mol. The van der Waals surface area contributed by atoms with Gasteiger partial charge in [-0.05, 0) is 24.1 Å². The van der Waals surface area contributed by atoms with E-state index in [4.69, 9.17) is 23.2 Å². The van der Waals surface area contributed by atoms with Crippen molar-refractivity contribution in [1.82, 2.24) is 9.62 Å². The molecule has 1 rings (SSSR count). The summed E-state index contributed by atoms with van der Waals surface area (Å²) in [5, 5.41) is 3.62. The van der Waals surface area contributed by atoms with Crippen molar-refractivity contribution in [2.75, 3.05) is 25.9 Å². The molecule has 0 saturated heterocycles. The number of nitrogens with zero attached hydrogens (tertiary/aromatic N) is 1. The van der Waals surface area contributed by atoms with Crippen LogP contribution < -0.4 is 5.32 Å². The Morgan fingerprint density at radius 3 is 2.48 bits per heavy atom. The van der Waals surface area contributed by atoms with Gasteiger partial charge in [-0.2, -0.15) is 0 Å². The van der Waals surface area contributed by atoms with E-state index in [-0.39, 0.29) is 19.0 Å². The molecule has 8 heteroatoms. The Morgan fingerprint density at radius 1 is 1.29 bits per heavy atom. The van der Waals surface area contributed by atoms with E-state index in [1.165, 1.54) is 11.2 Å². The second-order valence-corrected chi connectivity index (χ2v) is 7.46. The molecule has 0 aliphatic carbocycles. The van der Waals surface area contributed by atoms with Crippen LogP contribution in [0.2, 0.25) is 10.0 Å². The smallest absolute Gasteiger partial charge is 0.216 e. The molecule has 21 heavy (non-hydrogen) atoms. The van der Waals surface area contributed by atoms with Gasteiger partial charge in [0, 0.05) is 36.6 Å². The maximum Gasteiger partial charge on any atom is 0.216 e. The first kappa shape index (κ1) is 18.2. The van der Waals surface area contributed by atoms with Crippen molar-refractivity contribution in [3.05, 3.63) is 33.8 Å². The van der Waals surface area contributed by atoms with Crippen LogP contribution >= 0.6 is 23.2 Å². The number of carbonyl (C=O) groups is 1. The first-order valence-corrected chi connectivity index (χ1v) is 8.94. The predicted octanol–water partition coefficient (Wildman–Crippen LogP) is 1.93. The van der Waals surface area contributed by atoms with Crippen molar-refractivity contribution in [1.29, 1.82) is 0 Å². The van der Waals surface area contributed by atoms with Gasteiger partial charge in [0.25, 0.3) is 0 Å². The highest BCUT2D eigenvalue weighted by atomic mass is 35.5. The third kappa shape index (κ3) is 6.65. The van der Waals surface area contributed by atoms with Crippen molar-refractivity contribution in [3.63, 3.8) is 0 Å². The summed E-state index contributed by atoms with van der Waals surface area (Å²) in [4.78, 5) is 10.8. The SMILES string of the molecule is CC(=O)NCCN(CCc1ccc(Cl)cc1Cl)S(C)(=O)=O. The molecule has 1 amide bonds. The lowest BCUT2D eigenvalue weighted by Crippen LogP contribution is -2.38. The van der Waals surface area contributed by atoms with Gasteiger partial charge in [0.2, 0.25) is 15.9 Å². The normalized spacial score (nSPS) is 11.7. The van der Waals surface area contributed by atoms with Crippen LogP contribution in [0.1, 0.15) is 12.5 Å². The summed E-state index contributed by atoms with van der Waals surface area (Å²) in [7, 11) is -3.34. The maximum absolute atomic E-state index is 11.7. The van der Waals surface area contributed by atoms with E-state index in [1.807, 2.05) is 0 Å². The molecular weight excluding hydrogens is 335 g/mol. The Labute approximate surface area is 135 Å². The number of carbonyl (C=O) groups excluding carboxylic acids is 1. The zero-order valence-corrected chi connectivity index (χ0v) is 14.2. The zero-order valence-electron chi connectivity index (χ0n) is 11.9. The molecule has 1 N–H and O–H groups in total. The topological polar surface area (TPSA) is 66.5 Å². The molecular formula is C13H18Cl2N2O3S. The Bertz CT molecular complexity index is 605. The largest absolute Gasteiger partial charge is 0.355 e. The highest BCUT2D eigenvalue weighted by Gasteiger charge is 2.16. The van der Waals surface area contributed by atoms with Gasteiger partial charge >= 0.3 is 0 Å². The number of rotatable bonds is 7. The summed E-state index contributed by atoms with van der Waals surface area (Å²) in [6.07, 6.45) is 1.62. The molecule has 0 radical (unpaired) electrons. The van der Waals surface area contributed by atoms with Gasteiger partial charge in [-0.1, -0.05) is 29.3 Å². The van der Waals surface area contributed by atoms with Crippen LogP contribution in [0.5, 0.6) is 0 Å². The Morgan fingerprint density at radius 2 is 1.95 bits per heavy atom. The Balaban J connectivity index is 2.67. The average Bonchev–Trinajstić information content (AvgIpc) is 2.33. The number of hydrogen-bond donors (Lipinski definition) is 1. The molecule has 1 aromatic rings. The summed E-state index contributed by atoms with van der Waals surface area (Å²) in [5.41, 5.74) is 0.828. The molecule has 0 bridgehead atoms. The van der Waals surface area contributed by atoms with Gasteiger partial charge in [0.15, 0.2) is 0 Å². The molecule has 0 aliphatic rings. The van der Waals surface area contributed by atoms with Gasteiger partial charge in [-0.25, -0.2) is 12.7 Å². The molecule has 0 unspecified atom stereocenters. The lowest BCUT2D eigenvalue weighted by Gasteiger charge is -2.20. The van der Waals surface area contributed by atoms with Gasteiger partial charge in [0.05, 0.1) is 6.26 Å². The third-order valence-electron chi connectivity index (χ3n) is 2.85. The number of halogens is 2. The van der Waals surface area contributed by atoms with Crippen LogP contribution in [0, 0.1) is 0 Å². The minimum Gasteiger partial charge on any atom is -0.355 e. The van der Waals surface area contributed by atoms with Crippen LogP contribution in [0.3, 0.4) is 0 Å². The van der Waals surface area contributed by atoms with Crippen molar-refractivity contribution >= 4 is 39.1 Å². The molecule has 1 aromatic carbocycles. The second kappa shape index (κ2) is 7.98. The molecule has 118 valence electrons. The van der Waals surface area contributed by atoms with Crippen molar-refractivity contribution in [2.45, 2.75) is 13.3 Å². The van der Waals surface area contributed by atoms with E-state index in [1.54, 1.807) is 18.2 Å². The van der Waals surface area contributed by atoms with Crippen molar-refractivity contribution in [2.24, 2.45) is 0 Å². The second-order valence-electron chi connectivity index (χ2n) is 4.63. The van der Waals surface area contributed by atoms with E-state index in [0.29, 0.717) is 23.0 Å². The Kier molecular flexibility index (Phi) is 6.93. The van der Waals surface area contributed by atoms with Gasteiger partial charge < -0.3 is 5.32 Å². The summed E-state index contributed by atoms with van der Waals surface area (Å²) >= 11 is 11.9. The molecule has 0 spiro atoms. The minimum atomic E-state index is -3.34. The van der Waals surface area contributed by atoms with Crippen LogP contribution in [-0.4, -0.2) is 44.5 Å². The third-order valence-corrected chi connectivity index (χ3v) is 4.74. The van der Waals surface area contributed by atoms with E-state index in [0.717, 1.165) is 11.8 Å². The summed E-state index contributed by atoms with van der Waals surface area (Å²) in [6.45, 7) is 2.18. The fourth-order valence-corrected chi connectivity index (χ4v) is 3.12. The number of nitrogens with one attached hydrogen (secondary N) is 1. The highest BCUT2D eigenvalue weighted by molar-refractivity contribution is 7.88. The lowest BCUT2D eigenvalue weighted by molar-refractivity contribution is -0.118. The standard InChI is InChI=1S/C13H18Cl2N2O3S/c1-10(18)16-6-8-17(21(2,19)20)7-5-11-3-4-12(14)9-13(11)15/h3-4,9H,5-8H2,1-2H3,(H,16,18). The van der Waals surface area contributed by atoms with Gasteiger partial charge in [0.1, 0.15) is 0 Å². The van der Waals surface area contributed by atoms with Crippen molar-refractivity contribution in [3.8, 4) is 0 Å². The first-order valence-electron chi connectivity index (χ1n) is 6.33. The van der Waals surface area contributed by atoms with E-state index < -0.39 is 10.0 Å². The van der Waals surface area contributed by atoms with Crippen molar-refractivity contribution < 1.29 is 13.2 Å². The van der Waals surface area contributed by atoms with Crippen LogP contribution in [-0.2, 0) is 21.2 Å². The average molecular weight is 353 g/mol. The summed E-state index contributed by atoms with van der Waals surface area (Å²) < 4.78 is 24.8. The maximum atomic E-state index is 11.7. The number of amides is 1. The van der Waals surface area contributed by atoms with Crippen LogP contribution in [0.15, 0.2) is 18.2 Å². The molecule has 0 saturated carbocycles. The molecule has 0 aliphatic heterocycles. The molecule has 0 heterocycles. The zero-order chi connectivity index (χ0) is 16.0. The summed E-state index contributed by atoms with van der Waals surface area (Å²) in [5.74, 6) is -0.191. The first-order chi connectivity index (χ1) is 9.70. The van der Waals surface area contributed by atoms with E-state index in [2.05, 4.69) is 5.32 Å². The molecule has 5 nitrogen and oxygen atoms in total. The number of benzene rings is 1. The van der Waals surface area contributed by atoms with E-state index >= 15 is 0 Å². The van der Waals surface area contributed by atoms with E-state index in [9.17, 15) is 13.2 Å². The molecule has 0 atom stereocenters. The highest BCUT2D eigenvalue weighted by Crippen LogP contribution is 2.21. The van der Waals surface area contributed by atoms with Crippen LogP contribution in [0.4, 0.5) is 0 Å². The van der Waals surface area contributed by atoms with Crippen LogP contribution in [0.25, 0.3) is 0 Å².